The minimum absolute atomic E-state index is 0.359. The van der Waals surface area contributed by atoms with Gasteiger partial charge in [-0.15, -0.1) is 0 Å². The van der Waals surface area contributed by atoms with E-state index in [0.29, 0.717) is 11.3 Å². The van der Waals surface area contributed by atoms with E-state index in [1.807, 2.05) is 18.2 Å². The summed E-state index contributed by atoms with van der Waals surface area (Å²) >= 11 is 0. The maximum Gasteiger partial charge on any atom is 0.707 e. The molecule has 2 aromatic rings. The van der Waals surface area contributed by atoms with Gasteiger partial charge in [0.15, 0.2) is 0 Å². The molecule has 0 spiro atoms. The molecule has 1 aromatic carbocycles. The Balaban J connectivity index is 2.53. The molecule has 0 aliphatic heterocycles. The molecule has 0 aliphatic carbocycles. The molecular formula is C9H8BNO3. The van der Waals surface area contributed by atoms with Gasteiger partial charge in [-0.25, -0.2) is 0 Å². The lowest BCUT2D eigenvalue weighted by Gasteiger charge is -2.06. The largest absolute Gasteiger partial charge is 0.707 e. The summed E-state index contributed by atoms with van der Waals surface area (Å²) in [5.74, 6) is 0.359. The fourth-order valence-electron chi connectivity index (χ4n) is 1.28. The Hall–Kier alpha value is -1.59. The molecule has 5 heteroatoms. The second-order valence-electron chi connectivity index (χ2n) is 2.78. The summed E-state index contributed by atoms with van der Waals surface area (Å²) in [5, 5.41) is 18.2. The van der Waals surface area contributed by atoms with Gasteiger partial charge in [-0.2, -0.15) is 0 Å². The molecule has 2 rings (SSSR count). The smallest absolute Gasteiger partial charge is 0.510 e. The van der Waals surface area contributed by atoms with Gasteiger partial charge in [-0.3, -0.25) is 4.98 Å². The van der Waals surface area contributed by atoms with Crippen LogP contribution < -0.4 is 4.65 Å². The van der Waals surface area contributed by atoms with Crippen LogP contribution in [0, 0.1) is 0 Å². The third-order valence-electron chi connectivity index (χ3n) is 1.83. The fraction of sp³-hybridized carbons (Fsp3) is 0. The van der Waals surface area contributed by atoms with Crippen molar-refractivity contribution in [2.45, 2.75) is 0 Å². The summed E-state index contributed by atoms with van der Waals surface area (Å²) in [6.07, 6.45) is 1.62. The Morgan fingerprint density at radius 1 is 1.14 bits per heavy atom. The first-order valence-electron chi connectivity index (χ1n) is 4.14. The van der Waals surface area contributed by atoms with Crippen LogP contribution in [0.4, 0.5) is 0 Å². The first-order valence-corrected chi connectivity index (χ1v) is 4.14. The van der Waals surface area contributed by atoms with Crippen molar-refractivity contribution < 1.29 is 14.7 Å². The van der Waals surface area contributed by atoms with Crippen LogP contribution >= 0.6 is 0 Å². The van der Waals surface area contributed by atoms with E-state index in [1.54, 1.807) is 18.3 Å². The van der Waals surface area contributed by atoms with E-state index >= 15 is 0 Å². The minimum Gasteiger partial charge on any atom is -0.510 e. The van der Waals surface area contributed by atoms with E-state index in [0.717, 1.165) is 5.39 Å². The Bertz CT molecular complexity index is 442. The molecule has 14 heavy (non-hydrogen) atoms. The monoisotopic (exact) mass is 189 g/mol. The summed E-state index contributed by atoms with van der Waals surface area (Å²) in [6.45, 7) is 0. The zero-order valence-corrected chi connectivity index (χ0v) is 7.29. The Kier molecular flexibility index (Phi) is 2.34. The molecule has 1 aromatic heterocycles. The van der Waals surface area contributed by atoms with Crippen LogP contribution in [-0.4, -0.2) is 22.4 Å². The molecule has 70 valence electrons. The molecular weight excluding hydrogens is 181 g/mol. The molecule has 0 radical (unpaired) electrons. The zero-order chi connectivity index (χ0) is 9.97. The van der Waals surface area contributed by atoms with E-state index in [4.69, 9.17) is 14.7 Å². The van der Waals surface area contributed by atoms with Gasteiger partial charge < -0.3 is 14.7 Å². The van der Waals surface area contributed by atoms with Crippen molar-refractivity contribution in [3.8, 4) is 5.75 Å². The number of hydrogen-bond donors (Lipinski definition) is 2. The van der Waals surface area contributed by atoms with Crippen molar-refractivity contribution in [2.24, 2.45) is 0 Å². The van der Waals surface area contributed by atoms with Gasteiger partial charge >= 0.3 is 7.32 Å². The molecule has 1 heterocycles. The Morgan fingerprint density at radius 2 is 1.93 bits per heavy atom. The average molecular weight is 189 g/mol. The molecule has 0 bridgehead atoms. The molecule has 0 fully saturated rings. The molecule has 4 nitrogen and oxygen atoms in total. The van der Waals surface area contributed by atoms with Gasteiger partial charge in [0.25, 0.3) is 0 Å². The average Bonchev–Trinajstić information content (AvgIpc) is 2.18. The number of benzene rings is 1. The van der Waals surface area contributed by atoms with E-state index < -0.39 is 7.32 Å². The fourth-order valence-corrected chi connectivity index (χ4v) is 1.28. The predicted molar refractivity (Wildman–Crippen MR) is 52.6 cm³/mol. The number of para-hydroxylation sites is 1. The van der Waals surface area contributed by atoms with Gasteiger partial charge in [-0.05, 0) is 12.1 Å². The highest BCUT2D eigenvalue weighted by molar-refractivity contribution is 6.34. The summed E-state index contributed by atoms with van der Waals surface area (Å²) in [4.78, 5) is 4.09. The molecule has 0 atom stereocenters. The van der Waals surface area contributed by atoms with E-state index in [9.17, 15) is 0 Å². The van der Waals surface area contributed by atoms with Crippen LogP contribution in [0.15, 0.2) is 36.5 Å². The number of rotatable bonds is 2. The lowest BCUT2D eigenvalue weighted by atomic mass is 10.2. The summed E-state index contributed by atoms with van der Waals surface area (Å²) in [5.41, 5.74) is 0.614. The topological polar surface area (TPSA) is 62.6 Å². The summed E-state index contributed by atoms with van der Waals surface area (Å²) in [7, 11) is -1.82. The first-order chi connectivity index (χ1) is 6.77. The quantitative estimate of drug-likeness (QED) is 0.678. The molecule has 2 N–H and O–H groups in total. The summed E-state index contributed by atoms with van der Waals surface area (Å²) in [6, 6.07) is 8.95. The highest BCUT2D eigenvalue weighted by Gasteiger charge is 2.13. The van der Waals surface area contributed by atoms with Crippen molar-refractivity contribution in [1.82, 2.24) is 4.98 Å². The maximum atomic E-state index is 8.67. The van der Waals surface area contributed by atoms with Crippen molar-refractivity contribution in [3.63, 3.8) is 0 Å². The van der Waals surface area contributed by atoms with Gasteiger partial charge in [-0.1, -0.05) is 18.2 Å². The van der Waals surface area contributed by atoms with Gasteiger partial charge in [0.1, 0.15) is 11.3 Å². The lowest BCUT2D eigenvalue weighted by molar-refractivity contribution is 0.289. The number of aromatic nitrogens is 1. The van der Waals surface area contributed by atoms with Crippen LogP contribution in [0.3, 0.4) is 0 Å². The number of fused-ring (bicyclic) bond motifs is 1. The van der Waals surface area contributed by atoms with Crippen LogP contribution in [0.1, 0.15) is 0 Å². The molecule has 0 amide bonds. The second-order valence-corrected chi connectivity index (χ2v) is 2.78. The molecule has 0 unspecified atom stereocenters. The Morgan fingerprint density at radius 3 is 2.71 bits per heavy atom. The van der Waals surface area contributed by atoms with Crippen molar-refractivity contribution in [1.29, 1.82) is 0 Å². The van der Waals surface area contributed by atoms with Crippen LogP contribution in [0.2, 0.25) is 0 Å². The third-order valence-corrected chi connectivity index (χ3v) is 1.83. The standard InChI is InChI=1S/C9H8BNO3/c12-10(13)14-8-5-1-3-7-4-2-6-11-9(7)8/h1-6,12-13H. The van der Waals surface area contributed by atoms with Gasteiger partial charge in [0, 0.05) is 11.6 Å². The number of nitrogens with zero attached hydrogens (tertiary/aromatic N) is 1. The van der Waals surface area contributed by atoms with Crippen LogP contribution in [0.5, 0.6) is 5.75 Å². The minimum atomic E-state index is -1.82. The highest BCUT2D eigenvalue weighted by Crippen LogP contribution is 2.22. The first kappa shape index (κ1) is 8.99. The van der Waals surface area contributed by atoms with Crippen LogP contribution in [0.25, 0.3) is 10.9 Å². The SMILES string of the molecule is OB(O)Oc1cccc2cccnc12. The Labute approximate surface area is 81.0 Å². The highest BCUT2D eigenvalue weighted by atomic mass is 16.6. The van der Waals surface area contributed by atoms with Crippen LogP contribution in [-0.2, 0) is 0 Å². The van der Waals surface area contributed by atoms with Crippen molar-refractivity contribution >= 4 is 18.2 Å². The number of pyridine rings is 1. The summed E-state index contributed by atoms with van der Waals surface area (Å²) < 4.78 is 4.78. The van der Waals surface area contributed by atoms with E-state index in [1.165, 1.54) is 0 Å². The lowest BCUT2D eigenvalue weighted by Crippen LogP contribution is -2.20. The van der Waals surface area contributed by atoms with E-state index in [2.05, 4.69) is 4.98 Å². The zero-order valence-electron chi connectivity index (χ0n) is 7.29. The maximum absolute atomic E-state index is 8.67. The molecule has 0 aliphatic rings. The number of hydrogen-bond acceptors (Lipinski definition) is 4. The second kappa shape index (κ2) is 3.65. The van der Waals surface area contributed by atoms with Crippen molar-refractivity contribution in [3.05, 3.63) is 36.5 Å². The molecule has 0 saturated heterocycles. The van der Waals surface area contributed by atoms with Gasteiger partial charge in [0.2, 0.25) is 0 Å². The molecule has 0 saturated carbocycles. The van der Waals surface area contributed by atoms with Crippen molar-refractivity contribution in [2.75, 3.05) is 0 Å². The van der Waals surface area contributed by atoms with Gasteiger partial charge in [0.05, 0.1) is 0 Å². The predicted octanol–water partition coefficient (Wildman–Crippen LogP) is 0.583. The third kappa shape index (κ3) is 1.68. The normalized spacial score (nSPS) is 10.1. The van der Waals surface area contributed by atoms with E-state index in [-0.39, 0.29) is 0 Å².